The van der Waals surface area contributed by atoms with Crippen LogP contribution in [0.25, 0.3) is 0 Å². The third-order valence-electron chi connectivity index (χ3n) is 2.98. The van der Waals surface area contributed by atoms with Crippen molar-refractivity contribution in [1.29, 1.82) is 0 Å². The SMILES string of the molecule is C=C[C@H](OCc1ccc(OC)cc1)C(C)(C)CO. The molecular weight excluding hydrogens is 228 g/mol. The minimum Gasteiger partial charge on any atom is -0.497 e. The molecule has 0 fully saturated rings. The summed E-state index contributed by atoms with van der Waals surface area (Å²) in [5.41, 5.74) is 0.741. The van der Waals surface area contributed by atoms with E-state index in [2.05, 4.69) is 6.58 Å². The second kappa shape index (κ2) is 6.57. The first-order valence-electron chi connectivity index (χ1n) is 6.01. The molecule has 0 amide bonds. The molecule has 0 aliphatic carbocycles. The fourth-order valence-electron chi connectivity index (χ4n) is 1.61. The Morgan fingerprint density at radius 1 is 1.33 bits per heavy atom. The molecule has 100 valence electrons. The van der Waals surface area contributed by atoms with Crippen molar-refractivity contribution in [2.45, 2.75) is 26.6 Å². The van der Waals surface area contributed by atoms with Gasteiger partial charge in [-0.05, 0) is 17.7 Å². The fourth-order valence-corrected chi connectivity index (χ4v) is 1.61. The third-order valence-corrected chi connectivity index (χ3v) is 2.98. The summed E-state index contributed by atoms with van der Waals surface area (Å²) in [4.78, 5) is 0. The maximum atomic E-state index is 9.32. The van der Waals surface area contributed by atoms with E-state index in [4.69, 9.17) is 9.47 Å². The maximum absolute atomic E-state index is 9.32. The van der Waals surface area contributed by atoms with Crippen LogP contribution in [0.15, 0.2) is 36.9 Å². The highest BCUT2D eigenvalue weighted by atomic mass is 16.5. The number of aliphatic hydroxyl groups excluding tert-OH is 1. The van der Waals surface area contributed by atoms with Crippen molar-refractivity contribution < 1.29 is 14.6 Å². The number of hydrogen-bond donors (Lipinski definition) is 1. The van der Waals surface area contributed by atoms with Crippen LogP contribution in [0.3, 0.4) is 0 Å². The lowest BCUT2D eigenvalue weighted by molar-refractivity contribution is -0.0287. The van der Waals surface area contributed by atoms with E-state index in [1.165, 1.54) is 0 Å². The lowest BCUT2D eigenvalue weighted by atomic mass is 9.87. The van der Waals surface area contributed by atoms with Gasteiger partial charge in [-0.1, -0.05) is 32.1 Å². The number of methoxy groups -OCH3 is 1. The second-order valence-corrected chi connectivity index (χ2v) is 4.96. The van der Waals surface area contributed by atoms with Gasteiger partial charge in [-0.15, -0.1) is 6.58 Å². The van der Waals surface area contributed by atoms with Crippen molar-refractivity contribution in [3.63, 3.8) is 0 Å². The third kappa shape index (κ3) is 3.86. The maximum Gasteiger partial charge on any atom is 0.118 e. The molecule has 0 heterocycles. The van der Waals surface area contributed by atoms with Gasteiger partial charge in [0.25, 0.3) is 0 Å². The topological polar surface area (TPSA) is 38.7 Å². The Hall–Kier alpha value is -1.32. The molecular formula is C15H22O3. The Morgan fingerprint density at radius 2 is 1.94 bits per heavy atom. The van der Waals surface area contributed by atoms with Crippen LogP contribution in [-0.2, 0) is 11.3 Å². The largest absolute Gasteiger partial charge is 0.497 e. The van der Waals surface area contributed by atoms with Gasteiger partial charge in [-0.2, -0.15) is 0 Å². The van der Waals surface area contributed by atoms with E-state index in [9.17, 15) is 5.11 Å². The molecule has 1 rings (SSSR count). The van der Waals surface area contributed by atoms with Gasteiger partial charge >= 0.3 is 0 Å². The number of hydrogen-bond acceptors (Lipinski definition) is 3. The molecule has 0 saturated heterocycles. The van der Waals surface area contributed by atoms with Gasteiger partial charge in [0.05, 0.1) is 26.4 Å². The quantitative estimate of drug-likeness (QED) is 0.756. The molecule has 1 N–H and O–H groups in total. The van der Waals surface area contributed by atoms with Crippen molar-refractivity contribution in [3.8, 4) is 5.75 Å². The number of ether oxygens (including phenoxy) is 2. The monoisotopic (exact) mass is 250 g/mol. The van der Waals surface area contributed by atoms with Gasteiger partial charge in [-0.25, -0.2) is 0 Å². The first kappa shape index (κ1) is 14.7. The zero-order chi connectivity index (χ0) is 13.6. The van der Waals surface area contributed by atoms with Gasteiger partial charge in [0.1, 0.15) is 5.75 Å². The highest BCUT2D eigenvalue weighted by molar-refractivity contribution is 5.26. The minimum atomic E-state index is -0.325. The molecule has 0 bridgehead atoms. The molecule has 18 heavy (non-hydrogen) atoms. The predicted molar refractivity (Wildman–Crippen MR) is 72.6 cm³/mol. The first-order valence-corrected chi connectivity index (χ1v) is 6.01. The van der Waals surface area contributed by atoms with Gasteiger partial charge in [-0.3, -0.25) is 0 Å². The van der Waals surface area contributed by atoms with E-state index >= 15 is 0 Å². The van der Waals surface area contributed by atoms with Gasteiger partial charge in [0.2, 0.25) is 0 Å². The Morgan fingerprint density at radius 3 is 2.39 bits per heavy atom. The normalized spacial score (nSPS) is 13.1. The molecule has 0 unspecified atom stereocenters. The summed E-state index contributed by atoms with van der Waals surface area (Å²) in [6.45, 7) is 8.21. The average molecular weight is 250 g/mol. The van der Waals surface area contributed by atoms with E-state index in [0.29, 0.717) is 6.61 Å². The highest BCUT2D eigenvalue weighted by Crippen LogP contribution is 2.24. The molecule has 0 aliphatic heterocycles. The molecule has 3 heteroatoms. The average Bonchev–Trinajstić information content (AvgIpc) is 2.40. The minimum absolute atomic E-state index is 0.0618. The van der Waals surface area contributed by atoms with Gasteiger partial charge < -0.3 is 14.6 Å². The molecule has 3 nitrogen and oxygen atoms in total. The molecule has 0 aromatic heterocycles. The Bertz CT molecular complexity index is 368. The van der Waals surface area contributed by atoms with Crippen LogP contribution in [0.1, 0.15) is 19.4 Å². The molecule has 0 radical (unpaired) electrons. The fraction of sp³-hybridized carbons (Fsp3) is 0.467. The van der Waals surface area contributed by atoms with Gasteiger partial charge in [0, 0.05) is 5.41 Å². The van der Waals surface area contributed by atoms with Crippen molar-refractivity contribution in [2.75, 3.05) is 13.7 Å². The van der Waals surface area contributed by atoms with E-state index in [1.807, 2.05) is 38.1 Å². The molecule has 0 saturated carbocycles. The molecule has 1 atom stereocenters. The van der Waals surface area contributed by atoms with Crippen LogP contribution in [0.2, 0.25) is 0 Å². The van der Waals surface area contributed by atoms with Crippen molar-refractivity contribution in [3.05, 3.63) is 42.5 Å². The lowest BCUT2D eigenvalue weighted by Crippen LogP contribution is -2.33. The van der Waals surface area contributed by atoms with Crippen molar-refractivity contribution in [1.82, 2.24) is 0 Å². The van der Waals surface area contributed by atoms with E-state index < -0.39 is 0 Å². The van der Waals surface area contributed by atoms with Crippen LogP contribution in [0.5, 0.6) is 5.75 Å². The summed E-state index contributed by atoms with van der Waals surface area (Å²) in [5, 5.41) is 9.32. The van der Waals surface area contributed by atoms with Crippen LogP contribution >= 0.6 is 0 Å². The van der Waals surface area contributed by atoms with Crippen LogP contribution < -0.4 is 4.74 Å². The number of benzene rings is 1. The van der Waals surface area contributed by atoms with E-state index in [1.54, 1.807) is 13.2 Å². The molecule has 0 spiro atoms. The lowest BCUT2D eigenvalue weighted by Gasteiger charge is -2.30. The molecule has 0 aliphatic rings. The van der Waals surface area contributed by atoms with Crippen molar-refractivity contribution >= 4 is 0 Å². The summed E-state index contributed by atoms with van der Waals surface area (Å²) >= 11 is 0. The Balaban J connectivity index is 2.59. The molecule has 1 aromatic carbocycles. The van der Waals surface area contributed by atoms with Gasteiger partial charge in [0.15, 0.2) is 0 Å². The van der Waals surface area contributed by atoms with Crippen molar-refractivity contribution in [2.24, 2.45) is 5.41 Å². The molecule has 1 aromatic rings. The predicted octanol–water partition coefficient (Wildman–Crippen LogP) is 2.78. The zero-order valence-electron chi connectivity index (χ0n) is 11.3. The zero-order valence-corrected chi connectivity index (χ0v) is 11.3. The van der Waals surface area contributed by atoms with Crippen LogP contribution in [0.4, 0.5) is 0 Å². The van der Waals surface area contributed by atoms with E-state index in [0.717, 1.165) is 11.3 Å². The van der Waals surface area contributed by atoms with E-state index in [-0.39, 0.29) is 18.1 Å². The summed E-state index contributed by atoms with van der Waals surface area (Å²) in [6, 6.07) is 7.73. The number of rotatable bonds is 7. The van der Waals surface area contributed by atoms with Crippen LogP contribution in [0, 0.1) is 5.41 Å². The highest BCUT2D eigenvalue weighted by Gasteiger charge is 2.27. The summed E-state index contributed by atoms with van der Waals surface area (Å²) < 4.78 is 10.9. The first-order chi connectivity index (χ1) is 8.53. The summed E-state index contributed by atoms with van der Waals surface area (Å²) in [5.74, 6) is 0.828. The van der Waals surface area contributed by atoms with Crippen LogP contribution in [-0.4, -0.2) is 24.9 Å². The summed E-state index contributed by atoms with van der Waals surface area (Å²) in [6.07, 6.45) is 1.56. The smallest absolute Gasteiger partial charge is 0.118 e. The standard InChI is InChI=1S/C15H22O3/c1-5-14(15(2,3)11-16)18-10-12-6-8-13(17-4)9-7-12/h5-9,14,16H,1,10-11H2,2-4H3/t14-/m0/s1. The number of aliphatic hydroxyl groups is 1. The second-order valence-electron chi connectivity index (χ2n) is 4.96. The summed E-state index contributed by atoms with van der Waals surface area (Å²) in [7, 11) is 1.64. The Labute approximate surface area is 109 Å². The Kier molecular flexibility index (Phi) is 5.38.